The maximum Gasteiger partial charge on any atom is 0.305 e. The molecule has 0 atom stereocenters. The molecule has 8 nitrogen and oxygen atoms in total. The lowest BCUT2D eigenvalue weighted by Crippen LogP contribution is -2.30. The van der Waals surface area contributed by atoms with E-state index in [4.69, 9.17) is 4.74 Å². The standard InChI is InChI=1S/C16H18N2O6/c1-2-24-14(19)6-4-3-5-9-17-15(20)12-8-7-11(18(22)23)10-13(12)16(17)21/h7-8,10H,2-6,9H2,1H3. The van der Waals surface area contributed by atoms with Crippen LogP contribution in [-0.2, 0) is 9.53 Å². The summed E-state index contributed by atoms with van der Waals surface area (Å²) in [6.45, 7) is 2.31. The van der Waals surface area contributed by atoms with Gasteiger partial charge in [-0.3, -0.25) is 29.4 Å². The van der Waals surface area contributed by atoms with E-state index in [1.165, 1.54) is 12.1 Å². The van der Waals surface area contributed by atoms with Crippen molar-refractivity contribution in [2.24, 2.45) is 0 Å². The summed E-state index contributed by atoms with van der Waals surface area (Å²) in [5.41, 5.74) is 0.0454. The third-order valence-electron chi connectivity index (χ3n) is 3.73. The predicted molar refractivity (Wildman–Crippen MR) is 83.6 cm³/mol. The van der Waals surface area contributed by atoms with Gasteiger partial charge in [-0.15, -0.1) is 0 Å². The molecule has 0 unspecified atom stereocenters. The summed E-state index contributed by atoms with van der Waals surface area (Å²) in [5, 5.41) is 10.8. The number of non-ortho nitro benzene ring substituents is 1. The van der Waals surface area contributed by atoms with Crippen LogP contribution in [0.2, 0.25) is 0 Å². The largest absolute Gasteiger partial charge is 0.466 e. The van der Waals surface area contributed by atoms with E-state index in [2.05, 4.69) is 0 Å². The van der Waals surface area contributed by atoms with Crippen molar-refractivity contribution in [2.75, 3.05) is 13.2 Å². The normalized spacial score (nSPS) is 13.1. The average molecular weight is 334 g/mol. The Morgan fingerprint density at radius 2 is 1.88 bits per heavy atom. The van der Waals surface area contributed by atoms with Gasteiger partial charge in [-0.2, -0.15) is 0 Å². The van der Waals surface area contributed by atoms with Gasteiger partial charge >= 0.3 is 5.97 Å². The Morgan fingerprint density at radius 3 is 2.54 bits per heavy atom. The van der Waals surface area contributed by atoms with E-state index < -0.39 is 16.7 Å². The molecule has 0 fully saturated rings. The molecule has 2 rings (SSSR count). The molecule has 0 radical (unpaired) electrons. The summed E-state index contributed by atoms with van der Waals surface area (Å²) in [6, 6.07) is 3.66. The molecule has 1 aliphatic heterocycles. The van der Waals surface area contributed by atoms with Crippen molar-refractivity contribution >= 4 is 23.5 Å². The maximum absolute atomic E-state index is 12.2. The third kappa shape index (κ3) is 3.76. The fourth-order valence-corrected chi connectivity index (χ4v) is 2.54. The number of nitro groups is 1. The molecule has 1 aromatic carbocycles. The first-order valence-corrected chi connectivity index (χ1v) is 7.76. The molecule has 1 aliphatic rings. The number of benzene rings is 1. The number of carbonyl (C=O) groups excluding carboxylic acids is 3. The van der Waals surface area contributed by atoms with Crippen molar-refractivity contribution in [3.8, 4) is 0 Å². The maximum atomic E-state index is 12.2. The Hall–Kier alpha value is -2.77. The SMILES string of the molecule is CCOC(=O)CCCCCN1C(=O)c2ccc([N+](=O)[O-])cc2C1=O. The summed E-state index contributed by atoms with van der Waals surface area (Å²) in [7, 11) is 0. The van der Waals surface area contributed by atoms with Gasteiger partial charge in [0, 0.05) is 25.1 Å². The first-order valence-electron chi connectivity index (χ1n) is 7.76. The fraction of sp³-hybridized carbons (Fsp3) is 0.438. The molecule has 128 valence electrons. The van der Waals surface area contributed by atoms with E-state index in [1.807, 2.05) is 0 Å². The minimum Gasteiger partial charge on any atom is -0.466 e. The molecule has 1 aromatic rings. The monoisotopic (exact) mass is 334 g/mol. The number of nitrogens with zero attached hydrogens (tertiary/aromatic N) is 2. The van der Waals surface area contributed by atoms with Gasteiger partial charge in [0.05, 0.1) is 22.7 Å². The van der Waals surface area contributed by atoms with E-state index in [1.54, 1.807) is 6.92 Å². The highest BCUT2D eigenvalue weighted by atomic mass is 16.6. The fourth-order valence-electron chi connectivity index (χ4n) is 2.54. The summed E-state index contributed by atoms with van der Waals surface area (Å²) < 4.78 is 4.82. The van der Waals surface area contributed by atoms with Crippen LogP contribution in [0.1, 0.15) is 53.3 Å². The second kappa shape index (κ2) is 7.67. The van der Waals surface area contributed by atoms with Gasteiger partial charge < -0.3 is 4.74 Å². The lowest BCUT2D eigenvalue weighted by Gasteiger charge is -2.13. The summed E-state index contributed by atoms with van der Waals surface area (Å²) in [5.74, 6) is -1.20. The van der Waals surface area contributed by atoms with Crippen molar-refractivity contribution in [1.82, 2.24) is 4.90 Å². The zero-order valence-electron chi connectivity index (χ0n) is 13.3. The van der Waals surface area contributed by atoms with E-state index in [0.717, 1.165) is 11.0 Å². The molecule has 2 amide bonds. The second-order valence-electron chi connectivity index (χ2n) is 5.36. The van der Waals surface area contributed by atoms with Crippen LogP contribution in [0, 0.1) is 10.1 Å². The van der Waals surface area contributed by atoms with Crippen LogP contribution in [0.3, 0.4) is 0 Å². The van der Waals surface area contributed by atoms with Gasteiger partial charge in [-0.1, -0.05) is 6.42 Å². The van der Waals surface area contributed by atoms with Gasteiger partial charge in [-0.05, 0) is 25.8 Å². The Kier molecular flexibility index (Phi) is 5.62. The van der Waals surface area contributed by atoms with Gasteiger partial charge in [0.15, 0.2) is 0 Å². The minimum absolute atomic E-state index is 0.0701. The number of hydrogen-bond donors (Lipinski definition) is 0. The van der Waals surface area contributed by atoms with E-state index in [-0.39, 0.29) is 29.3 Å². The molecule has 0 aromatic heterocycles. The molecule has 0 saturated heterocycles. The molecule has 1 heterocycles. The van der Waals surface area contributed by atoms with Gasteiger partial charge in [-0.25, -0.2) is 0 Å². The van der Waals surface area contributed by atoms with Crippen molar-refractivity contribution in [3.63, 3.8) is 0 Å². The number of nitro benzene ring substituents is 1. The number of unbranched alkanes of at least 4 members (excludes halogenated alkanes) is 2. The highest BCUT2D eigenvalue weighted by molar-refractivity contribution is 6.21. The lowest BCUT2D eigenvalue weighted by molar-refractivity contribution is -0.384. The van der Waals surface area contributed by atoms with Gasteiger partial charge in [0.25, 0.3) is 17.5 Å². The van der Waals surface area contributed by atoms with Crippen LogP contribution >= 0.6 is 0 Å². The predicted octanol–water partition coefficient (Wildman–Crippen LogP) is 2.31. The molecule has 0 N–H and O–H groups in total. The Balaban J connectivity index is 1.89. The lowest BCUT2D eigenvalue weighted by atomic mass is 10.1. The zero-order valence-corrected chi connectivity index (χ0v) is 13.3. The first kappa shape index (κ1) is 17.6. The van der Waals surface area contributed by atoms with Gasteiger partial charge in [0.2, 0.25) is 0 Å². The molecular formula is C16H18N2O6. The highest BCUT2D eigenvalue weighted by Gasteiger charge is 2.36. The smallest absolute Gasteiger partial charge is 0.305 e. The Labute approximate surface area is 138 Å². The molecular weight excluding hydrogens is 316 g/mol. The number of imide groups is 1. The molecule has 0 bridgehead atoms. The third-order valence-corrected chi connectivity index (χ3v) is 3.73. The molecule has 8 heteroatoms. The Bertz CT molecular complexity index is 685. The van der Waals surface area contributed by atoms with Crippen molar-refractivity contribution in [3.05, 3.63) is 39.4 Å². The number of esters is 1. The number of ether oxygens (including phenoxy) is 1. The van der Waals surface area contributed by atoms with E-state index >= 15 is 0 Å². The van der Waals surface area contributed by atoms with Crippen molar-refractivity contribution in [2.45, 2.75) is 32.6 Å². The average Bonchev–Trinajstić information content (AvgIpc) is 2.79. The Morgan fingerprint density at radius 1 is 1.17 bits per heavy atom. The molecule has 0 spiro atoms. The number of amides is 2. The van der Waals surface area contributed by atoms with E-state index in [0.29, 0.717) is 32.3 Å². The summed E-state index contributed by atoms with van der Waals surface area (Å²) in [4.78, 5) is 46.9. The number of fused-ring (bicyclic) bond motifs is 1. The van der Waals surface area contributed by atoms with E-state index in [9.17, 15) is 24.5 Å². The van der Waals surface area contributed by atoms with Crippen molar-refractivity contribution < 1.29 is 24.0 Å². The summed E-state index contributed by atoms with van der Waals surface area (Å²) in [6.07, 6.45) is 2.16. The minimum atomic E-state index is -0.601. The summed E-state index contributed by atoms with van der Waals surface area (Å²) >= 11 is 0. The second-order valence-corrected chi connectivity index (χ2v) is 5.36. The molecule has 0 aliphatic carbocycles. The number of carbonyl (C=O) groups is 3. The van der Waals surface area contributed by atoms with Crippen LogP contribution in [-0.4, -0.2) is 40.8 Å². The number of hydrogen-bond acceptors (Lipinski definition) is 6. The van der Waals surface area contributed by atoms with Crippen LogP contribution in [0.4, 0.5) is 5.69 Å². The molecule has 0 saturated carbocycles. The first-order chi connectivity index (χ1) is 11.5. The van der Waals surface area contributed by atoms with Crippen LogP contribution in [0.25, 0.3) is 0 Å². The topological polar surface area (TPSA) is 107 Å². The highest BCUT2D eigenvalue weighted by Crippen LogP contribution is 2.27. The zero-order chi connectivity index (χ0) is 17.7. The van der Waals surface area contributed by atoms with Gasteiger partial charge in [0.1, 0.15) is 0 Å². The molecule has 24 heavy (non-hydrogen) atoms. The van der Waals surface area contributed by atoms with Crippen LogP contribution in [0.15, 0.2) is 18.2 Å². The van der Waals surface area contributed by atoms with Crippen LogP contribution < -0.4 is 0 Å². The number of rotatable bonds is 8. The van der Waals surface area contributed by atoms with Crippen LogP contribution in [0.5, 0.6) is 0 Å². The quantitative estimate of drug-likeness (QED) is 0.237. The van der Waals surface area contributed by atoms with Crippen molar-refractivity contribution in [1.29, 1.82) is 0 Å².